The SMILES string of the molecule is Cc1ccc2c(c1)[nH]c(=O)n2CCCO. The summed E-state index contributed by atoms with van der Waals surface area (Å²) in [6, 6.07) is 5.86. The molecule has 0 unspecified atom stereocenters. The summed E-state index contributed by atoms with van der Waals surface area (Å²) in [5.74, 6) is 0. The summed E-state index contributed by atoms with van der Waals surface area (Å²) < 4.78 is 1.66. The number of hydrogen-bond donors (Lipinski definition) is 2. The highest BCUT2D eigenvalue weighted by Gasteiger charge is 2.05. The van der Waals surface area contributed by atoms with Crippen molar-refractivity contribution in [1.82, 2.24) is 9.55 Å². The second kappa shape index (κ2) is 3.90. The third kappa shape index (κ3) is 1.80. The van der Waals surface area contributed by atoms with E-state index in [4.69, 9.17) is 5.11 Å². The molecular weight excluding hydrogens is 192 g/mol. The maximum atomic E-state index is 11.6. The molecule has 0 saturated heterocycles. The van der Waals surface area contributed by atoms with Crippen LogP contribution in [0, 0.1) is 6.92 Å². The van der Waals surface area contributed by atoms with E-state index < -0.39 is 0 Å². The van der Waals surface area contributed by atoms with Gasteiger partial charge in [0, 0.05) is 13.2 Å². The molecule has 0 aliphatic carbocycles. The first-order valence-corrected chi connectivity index (χ1v) is 5.02. The fourth-order valence-electron chi connectivity index (χ4n) is 1.73. The Hall–Kier alpha value is -1.55. The third-order valence-electron chi connectivity index (χ3n) is 2.47. The summed E-state index contributed by atoms with van der Waals surface area (Å²) >= 11 is 0. The van der Waals surface area contributed by atoms with Crippen LogP contribution in [0.1, 0.15) is 12.0 Å². The molecule has 2 aromatic rings. The molecule has 0 radical (unpaired) electrons. The molecule has 80 valence electrons. The van der Waals surface area contributed by atoms with Crippen LogP contribution >= 0.6 is 0 Å². The van der Waals surface area contributed by atoms with E-state index in [2.05, 4.69) is 4.98 Å². The molecule has 0 amide bonds. The summed E-state index contributed by atoms with van der Waals surface area (Å²) in [6.07, 6.45) is 0.598. The van der Waals surface area contributed by atoms with Crippen LogP contribution < -0.4 is 5.69 Å². The number of aryl methyl sites for hydroxylation is 2. The number of fused-ring (bicyclic) bond motifs is 1. The first-order valence-electron chi connectivity index (χ1n) is 5.02. The van der Waals surface area contributed by atoms with E-state index >= 15 is 0 Å². The van der Waals surface area contributed by atoms with E-state index in [1.54, 1.807) is 4.57 Å². The van der Waals surface area contributed by atoms with Crippen LogP contribution in [0.15, 0.2) is 23.0 Å². The smallest absolute Gasteiger partial charge is 0.326 e. The van der Waals surface area contributed by atoms with Gasteiger partial charge in [0.2, 0.25) is 0 Å². The van der Waals surface area contributed by atoms with Crippen LogP contribution in [0.4, 0.5) is 0 Å². The largest absolute Gasteiger partial charge is 0.396 e. The molecule has 4 heteroatoms. The summed E-state index contributed by atoms with van der Waals surface area (Å²) in [6.45, 7) is 2.65. The number of aliphatic hydroxyl groups excluding tert-OH is 1. The van der Waals surface area contributed by atoms with Crippen molar-refractivity contribution >= 4 is 11.0 Å². The number of hydrogen-bond acceptors (Lipinski definition) is 2. The zero-order valence-corrected chi connectivity index (χ0v) is 8.66. The minimum Gasteiger partial charge on any atom is -0.396 e. The summed E-state index contributed by atoms with van der Waals surface area (Å²) in [7, 11) is 0. The van der Waals surface area contributed by atoms with Crippen LogP contribution in [-0.4, -0.2) is 21.3 Å². The maximum Gasteiger partial charge on any atom is 0.326 e. The van der Waals surface area contributed by atoms with Gasteiger partial charge in [-0.25, -0.2) is 4.79 Å². The Bertz CT molecular complexity index is 525. The third-order valence-corrected chi connectivity index (χ3v) is 2.47. The monoisotopic (exact) mass is 206 g/mol. The lowest BCUT2D eigenvalue weighted by molar-refractivity contribution is 0.280. The average molecular weight is 206 g/mol. The van der Waals surface area contributed by atoms with Crippen LogP contribution in [-0.2, 0) is 6.54 Å². The van der Waals surface area contributed by atoms with Crippen LogP contribution in [0.3, 0.4) is 0 Å². The lowest BCUT2D eigenvalue weighted by atomic mass is 10.2. The number of aromatic nitrogens is 2. The molecule has 1 aromatic heterocycles. The normalized spacial score (nSPS) is 11.1. The van der Waals surface area contributed by atoms with E-state index in [-0.39, 0.29) is 12.3 Å². The van der Waals surface area contributed by atoms with Crippen molar-refractivity contribution in [3.8, 4) is 0 Å². The van der Waals surface area contributed by atoms with E-state index in [9.17, 15) is 4.79 Å². The molecule has 0 bridgehead atoms. The van der Waals surface area contributed by atoms with Crippen molar-refractivity contribution in [2.45, 2.75) is 19.9 Å². The molecule has 2 rings (SSSR count). The number of rotatable bonds is 3. The standard InChI is InChI=1S/C11H14N2O2/c1-8-3-4-10-9(7-8)12-11(15)13(10)5-2-6-14/h3-4,7,14H,2,5-6H2,1H3,(H,12,15). The predicted octanol–water partition coefficient (Wildman–Crippen LogP) is 1.02. The molecule has 1 heterocycles. The Balaban J connectivity index is 2.53. The van der Waals surface area contributed by atoms with Gasteiger partial charge in [0.1, 0.15) is 0 Å². The van der Waals surface area contributed by atoms with E-state index in [1.165, 1.54) is 0 Å². The fourth-order valence-corrected chi connectivity index (χ4v) is 1.73. The molecule has 2 N–H and O–H groups in total. The van der Waals surface area contributed by atoms with Crippen LogP contribution in [0.25, 0.3) is 11.0 Å². The highest BCUT2D eigenvalue weighted by Crippen LogP contribution is 2.12. The molecule has 0 saturated carbocycles. The molecule has 4 nitrogen and oxygen atoms in total. The average Bonchev–Trinajstić information content (AvgIpc) is 2.50. The van der Waals surface area contributed by atoms with E-state index in [0.29, 0.717) is 13.0 Å². The molecule has 0 fully saturated rings. The molecule has 0 aliphatic rings. The quantitative estimate of drug-likeness (QED) is 0.787. The van der Waals surface area contributed by atoms with Gasteiger partial charge in [0.15, 0.2) is 0 Å². The van der Waals surface area contributed by atoms with Crippen LogP contribution in [0.5, 0.6) is 0 Å². The van der Waals surface area contributed by atoms with E-state index in [0.717, 1.165) is 16.6 Å². The fraction of sp³-hybridized carbons (Fsp3) is 0.364. The van der Waals surface area contributed by atoms with Crippen molar-refractivity contribution in [2.75, 3.05) is 6.61 Å². The van der Waals surface area contributed by atoms with Gasteiger partial charge < -0.3 is 10.1 Å². The van der Waals surface area contributed by atoms with Gasteiger partial charge in [0.05, 0.1) is 11.0 Å². The highest BCUT2D eigenvalue weighted by atomic mass is 16.3. The summed E-state index contributed by atoms with van der Waals surface area (Å²) in [4.78, 5) is 14.4. The van der Waals surface area contributed by atoms with Crippen LogP contribution in [0.2, 0.25) is 0 Å². The topological polar surface area (TPSA) is 58.0 Å². The number of nitrogens with zero attached hydrogens (tertiary/aromatic N) is 1. The van der Waals surface area contributed by atoms with Gasteiger partial charge in [-0.15, -0.1) is 0 Å². The Labute approximate surface area is 87.2 Å². The van der Waals surface area contributed by atoms with Crippen molar-refractivity contribution in [2.24, 2.45) is 0 Å². The Morgan fingerprint density at radius 3 is 3.00 bits per heavy atom. The lowest BCUT2D eigenvalue weighted by Crippen LogP contribution is -2.17. The molecule has 0 spiro atoms. The maximum absolute atomic E-state index is 11.6. The predicted molar refractivity (Wildman–Crippen MR) is 59.0 cm³/mol. The van der Waals surface area contributed by atoms with Crippen molar-refractivity contribution in [1.29, 1.82) is 0 Å². The number of aliphatic hydroxyl groups is 1. The first kappa shape index (κ1) is 9.98. The Kier molecular flexibility index (Phi) is 2.60. The van der Waals surface area contributed by atoms with Crippen molar-refractivity contribution < 1.29 is 5.11 Å². The number of aromatic amines is 1. The lowest BCUT2D eigenvalue weighted by Gasteiger charge is -2.01. The molecule has 15 heavy (non-hydrogen) atoms. The van der Waals surface area contributed by atoms with Gasteiger partial charge in [-0.2, -0.15) is 0 Å². The zero-order chi connectivity index (χ0) is 10.8. The van der Waals surface area contributed by atoms with Gasteiger partial charge in [-0.05, 0) is 31.0 Å². The first-order chi connectivity index (χ1) is 7.22. The van der Waals surface area contributed by atoms with Crippen molar-refractivity contribution in [3.05, 3.63) is 34.2 Å². The van der Waals surface area contributed by atoms with Gasteiger partial charge in [-0.3, -0.25) is 4.57 Å². The minimum atomic E-state index is -0.107. The molecule has 0 aliphatic heterocycles. The number of nitrogens with one attached hydrogen (secondary N) is 1. The Morgan fingerprint density at radius 2 is 2.27 bits per heavy atom. The summed E-state index contributed by atoms with van der Waals surface area (Å²) in [5.41, 5.74) is 2.78. The van der Waals surface area contributed by atoms with E-state index in [1.807, 2.05) is 25.1 Å². The zero-order valence-electron chi connectivity index (χ0n) is 8.66. The Morgan fingerprint density at radius 1 is 1.47 bits per heavy atom. The number of imidazole rings is 1. The second-order valence-corrected chi connectivity index (χ2v) is 3.68. The van der Waals surface area contributed by atoms with Crippen molar-refractivity contribution in [3.63, 3.8) is 0 Å². The molecule has 1 aromatic carbocycles. The van der Waals surface area contributed by atoms with Gasteiger partial charge in [-0.1, -0.05) is 6.07 Å². The summed E-state index contributed by atoms with van der Waals surface area (Å²) in [5, 5.41) is 8.75. The van der Waals surface area contributed by atoms with Gasteiger partial charge >= 0.3 is 5.69 Å². The highest BCUT2D eigenvalue weighted by molar-refractivity contribution is 5.75. The number of H-pyrrole nitrogens is 1. The van der Waals surface area contributed by atoms with Gasteiger partial charge in [0.25, 0.3) is 0 Å². The molecule has 0 atom stereocenters. The second-order valence-electron chi connectivity index (χ2n) is 3.68. The minimum absolute atomic E-state index is 0.102. The number of benzene rings is 1. The molecular formula is C11H14N2O2.